The second-order valence-electron chi connectivity index (χ2n) is 7.24. The van der Waals surface area contributed by atoms with Crippen LogP contribution in [0.1, 0.15) is 45.6 Å². The van der Waals surface area contributed by atoms with Crippen molar-refractivity contribution >= 4 is 11.9 Å². The number of carbonyl (C=O) groups excluding carboxylic acids is 2. The Morgan fingerprint density at radius 2 is 1.88 bits per heavy atom. The van der Waals surface area contributed by atoms with Crippen molar-refractivity contribution in [2.45, 2.75) is 52.2 Å². The molecule has 1 aliphatic heterocycles. The minimum atomic E-state index is -0.937. The number of aliphatic hydroxyl groups excluding tert-OH is 1. The molecule has 2 rings (SSSR count). The van der Waals surface area contributed by atoms with Crippen molar-refractivity contribution in [3.05, 3.63) is 29.8 Å². The Hall–Kier alpha value is -2.08. The van der Waals surface area contributed by atoms with E-state index in [-0.39, 0.29) is 19.1 Å². The molecule has 0 saturated carbocycles. The van der Waals surface area contributed by atoms with E-state index in [0.717, 1.165) is 10.5 Å². The second-order valence-corrected chi connectivity index (χ2v) is 7.24. The molecule has 1 fully saturated rings. The van der Waals surface area contributed by atoms with Crippen LogP contribution >= 0.6 is 0 Å². The highest BCUT2D eigenvalue weighted by Gasteiger charge is 2.38. The number of nitrogens with zero attached hydrogens (tertiary/aromatic N) is 1. The van der Waals surface area contributed by atoms with E-state index < -0.39 is 18.2 Å². The molecule has 0 aliphatic carbocycles. The third-order valence-electron chi connectivity index (χ3n) is 4.18. The van der Waals surface area contributed by atoms with Gasteiger partial charge in [-0.3, -0.25) is 9.69 Å². The van der Waals surface area contributed by atoms with Gasteiger partial charge in [0, 0.05) is 0 Å². The van der Waals surface area contributed by atoms with Gasteiger partial charge < -0.3 is 15.2 Å². The van der Waals surface area contributed by atoms with Crippen LogP contribution in [-0.4, -0.2) is 47.2 Å². The fraction of sp³-hybridized carbons (Fsp3) is 0.579. The number of nitrogens with one attached hydrogen (secondary N) is 1. The fourth-order valence-corrected chi connectivity index (χ4v) is 2.92. The number of carbonyl (C=O) groups is 2. The monoisotopic (exact) mass is 348 g/mol. The van der Waals surface area contributed by atoms with Crippen LogP contribution in [0.15, 0.2) is 24.3 Å². The lowest BCUT2D eigenvalue weighted by atomic mass is 10.0. The number of ether oxygens (including phenoxy) is 1. The summed E-state index contributed by atoms with van der Waals surface area (Å²) in [7, 11) is 0. The van der Waals surface area contributed by atoms with Crippen molar-refractivity contribution < 1.29 is 19.4 Å². The standard InChI is InChI=1S/C19H28N2O4/c1-12(2)9-16-18(23)21(19(24)20-16)10-14(22)11-25-17-8-6-5-7-15(17)13(3)4/h5-8,12-14,16,22H,9-11H2,1-4H3,(H,20,24)/t14-,16+/m1/s1. The first kappa shape index (κ1) is 19.2. The van der Waals surface area contributed by atoms with E-state index in [9.17, 15) is 14.7 Å². The maximum Gasteiger partial charge on any atom is 0.324 e. The highest BCUT2D eigenvalue weighted by molar-refractivity contribution is 6.04. The highest BCUT2D eigenvalue weighted by atomic mass is 16.5. The predicted octanol–water partition coefficient (Wildman–Crippen LogP) is 2.52. The molecule has 6 heteroatoms. The van der Waals surface area contributed by atoms with Crippen molar-refractivity contribution in [2.75, 3.05) is 13.2 Å². The normalized spacial score (nSPS) is 18.8. The Morgan fingerprint density at radius 3 is 2.52 bits per heavy atom. The van der Waals surface area contributed by atoms with Gasteiger partial charge in [-0.1, -0.05) is 45.9 Å². The minimum absolute atomic E-state index is 0.0235. The van der Waals surface area contributed by atoms with E-state index in [1.165, 1.54) is 0 Å². The Labute approximate surface area is 149 Å². The number of β-amino-alcohol motifs (C(OH)–C–C–N with tert-alkyl or cyclic N) is 1. The molecule has 0 unspecified atom stereocenters. The third kappa shape index (κ3) is 4.95. The quantitative estimate of drug-likeness (QED) is 0.708. The van der Waals surface area contributed by atoms with Gasteiger partial charge in [-0.25, -0.2) is 4.79 Å². The van der Waals surface area contributed by atoms with E-state index >= 15 is 0 Å². The Balaban J connectivity index is 1.91. The van der Waals surface area contributed by atoms with Gasteiger partial charge in [0.15, 0.2) is 0 Å². The second kappa shape index (κ2) is 8.34. The molecule has 2 atom stereocenters. The highest BCUT2D eigenvalue weighted by Crippen LogP contribution is 2.26. The van der Waals surface area contributed by atoms with Crippen LogP contribution in [-0.2, 0) is 4.79 Å². The summed E-state index contributed by atoms with van der Waals surface area (Å²) < 4.78 is 5.71. The maximum absolute atomic E-state index is 12.3. The lowest BCUT2D eigenvalue weighted by molar-refractivity contribution is -0.128. The third-order valence-corrected chi connectivity index (χ3v) is 4.18. The summed E-state index contributed by atoms with van der Waals surface area (Å²) in [5.74, 6) is 1.04. The van der Waals surface area contributed by atoms with Gasteiger partial charge >= 0.3 is 6.03 Å². The molecular formula is C19H28N2O4. The van der Waals surface area contributed by atoms with Crippen molar-refractivity contribution in [2.24, 2.45) is 5.92 Å². The van der Waals surface area contributed by atoms with Crippen molar-refractivity contribution in [3.8, 4) is 5.75 Å². The molecule has 6 nitrogen and oxygen atoms in total. The topological polar surface area (TPSA) is 78.9 Å². The fourth-order valence-electron chi connectivity index (χ4n) is 2.92. The van der Waals surface area contributed by atoms with Gasteiger partial charge in [0.2, 0.25) is 0 Å². The summed E-state index contributed by atoms with van der Waals surface area (Å²) in [6.45, 7) is 8.09. The number of para-hydroxylation sites is 1. The molecule has 1 heterocycles. The van der Waals surface area contributed by atoms with Gasteiger partial charge in [-0.15, -0.1) is 0 Å². The number of hydrogen-bond acceptors (Lipinski definition) is 4. The largest absolute Gasteiger partial charge is 0.491 e. The van der Waals surface area contributed by atoms with Gasteiger partial charge in [-0.2, -0.15) is 0 Å². The van der Waals surface area contributed by atoms with Crippen LogP contribution in [0, 0.1) is 5.92 Å². The van der Waals surface area contributed by atoms with E-state index in [1.54, 1.807) is 0 Å². The van der Waals surface area contributed by atoms with Gasteiger partial charge in [-0.05, 0) is 29.9 Å². The van der Waals surface area contributed by atoms with Crippen LogP contribution in [0.3, 0.4) is 0 Å². The Bertz CT molecular complexity index is 615. The molecule has 1 aromatic rings. The molecule has 1 aromatic carbocycles. The average molecular weight is 348 g/mol. The molecule has 0 spiro atoms. The Morgan fingerprint density at radius 1 is 1.20 bits per heavy atom. The molecule has 0 bridgehead atoms. The summed E-state index contributed by atoms with van der Waals surface area (Å²) in [6, 6.07) is 6.72. The number of urea groups is 1. The molecule has 138 valence electrons. The van der Waals surface area contributed by atoms with Crippen molar-refractivity contribution in [3.63, 3.8) is 0 Å². The van der Waals surface area contributed by atoms with Crippen molar-refractivity contribution in [1.82, 2.24) is 10.2 Å². The number of amides is 3. The number of rotatable bonds is 8. The number of aliphatic hydroxyl groups is 1. The molecule has 25 heavy (non-hydrogen) atoms. The predicted molar refractivity (Wildman–Crippen MR) is 95.5 cm³/mol. The van der Waals surface area contributed by atoms with E-state index in [4.69, 9.17) is 4.74 Å². The smallest absolute Gasteiger partial charge is 0.324 e. The molecule has 3 amide bonds. The molecule has 0 aromatic heterocycles. The van der Waals surface area contributed by atoms with E-state index in [2.05, 4.69) is 19.2 Å². The lowest BCUT2D eigenvalue weighted by Crippen LogP contribution is -2.40. The average Bonchev–Trinajstić information content (AvgIpc) is 2.80. The van der Waals surface area contributed by atoms with E-state index in [0.29, 0.717) is 24.0 Å². The van der Waals surface area contributed by atoms with Crippen LogP contribution in [0.25, 0.3) is 0 Å². The first-order valence-corrected chi connectivity index (χ1v) is 8.81. The van der Waals surface area contributed by atoms with Gasteiger partial charge in [0.05, 0.1) is 6.54 Å². The first-order chi connectivity index (χ1) is 11.8. The van der Waals surface area contributed by atoms with Gasteiger partial charge in [0.1, 0.15) is 24.5 Å². The van der Waals surface area contributed by atoms with Crippen molar-refractivity contribution in [1.29, 1.82) is 0 Å². The SMILES string of the molecule is CC(C)C[C@@H]1NC(=O)N(C[C@@H](O)COc2ccccc2C(C)C)C1=O. The number of imide groups is 1. The van der Waals surface area contributed by atoms with Crippen LogP contribution in [0.2, 0.25) is 0 Å². The summed E-state index contributed by atoms with van der Waals surface area (Å²) in [4.78, 5) is 25.3. The zero-order valence-corrected chi connectivity index (χ0v) is 15.4. The molecule has 2 N–H and O–H groups in total. The first-order valence-electron chi connectivity index (χ1n) is 8.81. The molecular weight excluding hydrogens is 320 g/mol. The zero-order valence-electron chi connectivity index (χ0n) is 15.4. The number of benzene rings is 1. The van der Waals surface area contributed by atoms with Gasteiger partial charge in [0.25, 0.3) is 5.91 Å². The Kier molecular flexibility index (Phi) is 6.42. The maximum atomic E-state index is 12.3. The van der Waals surface area contributed by atoms with E-state index in [1.807, 2.05) is 38.1 Å². The lowest BCUT2D eigenvalue weighted by Gasteiger charge is -2.20. The molecule has 1 aliphatic rings. The summed E-state index contributed by atoms with van der Waals surface area (Å²) in [5, 5.41) is 12.9. The van der Waals surface area contributed by atoms with Crippen LogP contribution in [0.4, 0.5) is 4.79 Å². The zero-order chi connectivity index (χ0) is 18.6. The molecule has 0 radical (unpaired) electrons. The summed E-state index contributed by atoms with van der Waals surface area (Å²) in [6.07, 6.45) is -0.345. The minimum Gasteiger partial charge on any atom is -0.491 e. The number of hydrogen-bond donors (Lipinski definition) is 2. The van der Waals surface area contributed by atoms with Crippen LogP contribution in [0.5, 0.6) is 5.75 Å². The molecule has 1 saturated heterocycles. The summed E-state index contributed by atoms with van der Waals surface area (Å²) in [5.41, 5.74) is 1.06. The van der Waals surface area contributed by atoms with Crippen LogP contribution < -0.4 is 10.1 Å². The summed E-state index contributed by atoms with van der Waals surface area (Å²) >= 11 is 0.